The normalized spacial score (nSPS) is 11.8. The number of H-pyrrole nitrogens is 1. The van der Waals surface area contributed by atoms with E-state index < -0.39 is 0 Å². The van der Waals surface area contributed by atoms with Crippen molar-refractivity contribution in [3.63, 3.8) is 0 Å². The Hall–Kier alpha value is -4.20. The molecular formula is C24H23N7O. The molecule has 2 aromatic carbocycles. The van der Waals surface area contributed by atoms with Gasteiger partial charge in [0.2, 0.25) is 0 Å². The monoisotopic (exact) mass is 425 g/mol. The van der Waals surface area contributed by atoms with Crippen LogP contribution in [0.2, 0.25) is 0 Å². The number of nitrogens with zero attached hydrogens (tertiary/aromatic N) is 4. The summed E-state index contributed by atoms with van der Waals surface area (Å²) in [5.74, 6) is -0.0630. The fourth-order valence-corrected chi connectivity index (χ4v) is 3.78. The molecule has 32 heavy (non-hydrogen) atoms. The molecule has 0 aliphatic carbocycles. The van der Waals surface area contributed by atoms with E-state index >= 15 is 0 Å². The summed E-state index contributed by atoms with van der Waals surface area (Å²) < 4.78 is 1.49. The summed E-state index contributed by atoms with van der Waals surface area (Å²) in [4.78, 5) is 25.6. The van der Waals surface area contributed by atoms with Crippen molar-refractivity contribution < 1.29 is 4.79 Å². The van der Waals surface area contributed by atoms with E-state index in [0.717, 1.165) is 29.3 Å². The predicted molar refractivity (Wildman–Crippen MR) is 128 cm³/mol. The molecule has 1 amide bonds. The molecule has 8 nitrogen and oxygen atoms in total. The van der Waals surface area contributed by atoms with Crippen molar-refractivity contribution in [2.75, 3.05) is 12.3 Å². The fourth-order valence-electron chi connectivity index (χ4n) is 3.78. The second-order valence-electron chi connectivity index (χ2n) is 7.60. The average Bonchev–Trinajstić information content (AvgIpc) is 3.34. The Morgan fingerprint density at radius 3 is 2.72 bits per heavy atom. The van der Waals surface area contributed by atoms with Crippen molar-refractivity contribution in [3.8, 4) is 0 Å². The number of carbonyl (C=O) groups excluding carboxylic acids is 1. The molecule has 0 bridgehead atoms. The molecule has 5 aromatic rings. The van der Waals surface area contributed by atoms with Gasteiger partial charge in [0.1, 0.15) is 16.9 Å². The van der Waals surface area contributed by atoms with Gasteiger partial charge in [0.15, 0.2) is 5.65 Å². The number of nitrogens with two attached hydrogens (primary N) is 1. The molecule has 160 valence electrons. The molecule has 0 aliphatic rings. The van der Waals surface area contributed by atoms with Crippen LogP contribution in [0.3, 0.4) is 0 Å². The third kappa shape index (κ3) is 3.35. The molecule has 0 spiro atoms. The number of hydrogen-bond acceptors (Lipinski definition) is 5. The van der Waals surface area contributed by atoms with Crippen LogP contribution in [-0.4, -0.2) is 38.3 Å². The predicted octanol–water partition coefficient (Wildman–Crippen LogP) is 4.06. The van der Waals surface area contributed by atoms with Crippen molar-refractivity contribution in [1.82, 2.24) is 24.9 Å². The quantitative estimate of drug-likeness (QED) is 0.281. The topological polar surface area (TPSA) is 114 Å². The van der Waals surface area contributed by atoms with Gasteiger partial charge in [-0.2, -0.15) is 9.78 Å². The number of hydrogen-bond donors (Lipinski definition) is 3. The van der Waals surface area contributed by atoms with E-state index in [9.17, 15) is 4.79 Å². The summed E-state index contributed by atoms with van der Waals surface area (Å²) in [6, 6.07) is 15.5. The number of rotatable bonds is 6. The zero-order valence-corrected chi connectivity index (χ0v) is 17.7. The van der Waals surface area contributed by atoms with Crippen LogP contribution >= 0.6 is 0 Å². The number of fused-ring (bicyclic) bond motifs is 3. The van der Waals surface area contributed by atoms with Gasteiger partial charge in [-0.25, -0.2) is 9.97 Å². The Morgan fingerprint density at radius 2 is 1.91 bits per heavy atom. The lowest BCUT2D eigenvalue weighted by atomic mass is 10.2. The van der Waals surface area contributed by atoms with Gasteiger partial charge >= 0.3 is 0 Å². The van der Waals surface area contributed by atoms with E-state index in [1.807, 2.05) is 54.7 Å². The van der Waals surface area contributed by atoms with Gasteiger partial charge in [0.05, 0.1) is 17.2 Å². The van der Waals surface area contributed by atoms with Crippen LogP contribution in [0.1, 0.15) is 35.7 Å². The molecular weight excluding hydrogens is 402 g/mol. The van der Waals surface area contributed by atoms with Gasteiger partial charge in [0, 0.05) is 29.2 Å². The Kier molecular flexibility index (Phi) is 5.03. The van der Waals surface area contributed by atoms with Crippen LogP contribution in [0.5, 0.6) is 0 Å². The molecule has 8 heteroatoms. The highest BCUT2D eigenvalue weighted by atomic mass is 16.1. The van der Waals surface area contributed by atoms with Crippen LogP contribution in [0.4, 0.5) is 5.82 Å². The number of nitrogens with one attached hydrogen (secondary N) is 2. The second-order valence-corrected chi connectivity index (χ2v) is 7.60. The molecule has 3 heterocycles. The van der Waals surface area contributed by atoms with Crippen LogP contribution in [0, 0.1) is 0 Å². The Bertz CT molecular complexity index is 1480. The van der Waals surface area contributed by atoms with Crippen molar-refractivity contribution >= 4 is 51.0 Å². The number of nitrogen functional groups attached to an aromatic ring is 1. The van der Waals surface area contributed by atoms with Crippen LogP contribution in [-0.2, 0) is 0 Å². The first kappa shape index (κ1) is 19.7. The maximum atomic E-state index is 13.0. The molecule has 0 radical (unpaired) electrons. The zero-order valence-electron chi connectivity index (χ0n) is 17.7. The minimum absolute atomic E-state index is 0.209. The SMILES string of the molecule is CCCCNC(=O)c1c(N)n(N=Cc2c[nH]c3ccccc23)c2nc3ccccc3nc12. The smallest absolute Gasteiger partial charge is 0.257 e. The third-order valence-corrected chi connectivity index (χ3v) is 5.45. The van der Waals surface area contributed by atoms with E-state index in [1.165, 1.54) is 4.68 Å². The number of anilines is 1. The van der Waals surface area contributed by atoms with E-state index in [4.69, 9.17) is 15.7 Å². The van der Waals surface area contributed by atoms with E-state index in [1.54, 1.807) is 6.21 Å². The maximum absolute atomic E-state index is 13.0. The lowest BCUT2D eigenvalue weighted by Crippen LogP contribution is -2.25. The first-order valence-electron chi connectivity index (χ1n) is 10.6. The van der Waals surface area contributed by atoms with Gasteiger partial charge in [-0.05, 0) is 24.6 Å². The molecule has 0 unspecified atom stereocenters. The minimum atomic E-state index is -0.272. The molecule has 0 atom stereocenters. The van der Waals surface area contributed by atoms with Crippen LogP contribution < -0.4 is 11.1 Å². The van der Waals surface area contributed by atoms with Gasteiger partial charge in [-0.3, -0.25) is 4.79 Å². The van der Waals surface area contributed by atoms with E-state index in [-0.39, 0.29) is 11.7 Å². The summed E-state index contributed by atoms with van der Waals surface area (Å²) in [5, 5.41) is 8.57. The van der Waals surface area contributed by atoms with Crippen molar-refractivity contribution in [3.05, 3.63) is 65.9 Å². The molecule has 0 saturated carbocycles. The Balaban J connectivity index is 1.66. The molecule has 4 N–H and O–H groups in total. The number of para-hydroxylation sites is 3. The molecule has 3 aromatic heterocycles. The summed E-state index contributed by atoms with van der Waals surface area (Å²) in [6.07, 6.45) is 5.47. The highest BCUT2D eigenvalue weighted by molar-refractivity contribution is 6.11. The first-order valence-corrected chi connectivity index (χ1v) is 10.6. The molecule has 0 fully saturated rings. The standard InChI is InChI=1S/C24H23N7O/c1-2-3-12-26-24(32)20-21-23(30-19-11-7-6-10-18(19)29-21)31(22(20)25)28-14-15-13-27-17-9-5-4-8-16(15)17/h4-11,13-14,27H,2-3,12,25H2,1H3,(H,26,32). The van der Waals surface area contributed by atoms with Crippen molar-refractivity contribution in [2.45, 2.75) is 19.8 Å². The number of benzene rings is 2. The van der Waals surface area contributed by atoms with E-state index in [2.05, 4.69) is 22.3 Å². The average molecular weight is 425 g/mol. The first-order chi connectivity index (χ1) is 15.7. The number of unbranched alkanes of at least 4 members (excludes halogenated alkanes) is 1. The molecule has 0 aliphatic heterocycles. The summed E-state index contributed by atoms with van der Waals surface area (Å²) in [6.45, 7) is 2.64. The Morgan fingerprint density at radius 1 is 1.16 bits per heavy atom. The minimum Gasteiger partial charge on any atom is -0.383 e. The molecule has 0 saturated heterocycles. The van der Waals surface area contributed by atoms with Crippen molar-refractivity contribution in [2.24, 2.45) is 5.10 Å². The highest BCUT2D eigenvalue weighted by Gasteiger charge is 2.23. The lowest BCUT2D eigenvalue weighted by Gasteiger charge is -2.04. The van der Waals surface area contributed by atoms with Crippen LogP contribution in [0.15, 0.2) is 59.8 Å². The summed E-state index contributed by atoms with van der Waals surface area (Å²) in [7, 11) is 0. The summed E-state index contributed by atoms with van der Waals surface area (Å²) >= 11 is 0. The van der Waals surface area contributed by atoms with Crippen molar-refractivity contribution in [1.29, 1.82) is 0 Å². The third-order valence-electron chi connectivity index (χ3n) is 5.45. The number of carbonyl (C=O) groups is 1. The second kappa shape index (κ2) is 8.14. The largest absolute Gasteiger partial charge is 0.383 e. The summed E-state index contributed by atoms with van der Waals surface area (Å²) in [5.41, 5.74) is 10.9. The van der Waals surface area contributed by atoms with Crippen LogP contribution in [0.25, 0.3) is 33.1 Å². The number of aromatic nitrogens is 4. The highest BCUT2D eigenvalue weighted by Crippen LogP contribution is 2.28. The number of amides is 1. The fraction of sp³-hybridized carbons (Fsp3) is 0.167. The zero-order chi connectivity index (χ0) is 22.1. The van der Waals surface area contributed by atoms with Gasteiger partial charge in [0.25, 0.3) is 5.91 Å². The maximum Gasteiger partial charge on any atom is 0.257 e. The van der Waals surface area contributed by atoms with Gasteiger partial charge in [-0.15, -0.1) is 0 Å². The van der Waals surface area contributed by atoms with Gasteiger partial charge < -0.3 is 16.0 Å². The molecule has 5 rings (SSSR count). The van der Waals surface area contributed by atoms with Gasteiger partial charge in [-0.1, -0.05) is 43.7 Å². The van der Waals surface area contributed by atoms with E-state index in [0.29, 0.717) is 34.3 Å². The Labute approximate surface area is 184 Å². The number of aromatic amines is 1. The lowest BCUT2D eigenvalue weighted by molar-refractivity contribution is 0.0955.